The predicted octanol–water partition coefficient (Wildman–Crippen LogP) is 1.76. The molecule has 0 bridgehead atoms. The fourth-order valence-corrected chi connectivity index (χ4v) is 1.90. The summed E-state index contributed by atoms with van der Waals surface area (Å²) in [6.45, 7) is 0.924. The number of hydrogen-bond donors (Lipinski definition) is 0. The molecule has 1 unspecified atom stereocenters. The number of piperidine rings is 1. The molecule has 1 saturated heterocycles. The quantitative estimate of drug-likeness (QED) is 0.370. The average Bonchev–Trinajstić information content (AvgIpc) is 1.80. The smallest absolute Gasteiger partial charge is 0.232 e. The molecule has 9 heavy (non-hydrogen) atoms. The molecule has 0 radical (unpaired) electrons. The molecule has 1 rings (SSSR count). The monoisotopic (exact) mass is 351 g/mol. The molecule has 1 amide bonds. The Balaban J connectivity index is 2.44. The van der Waals surface area contributed by atoms with Gasteiger partial charge in [-0.15, -0.1) is 0 Å². The first-order chi connectivity index (χ1) is 4.20. The number of halogens is 2. The van der Waals surface area contributed by atoms with Gasteiger partial charge in [-0.1, -0.05) is 22.6 Å². The van der Waals surface area contributed by atoms with E-state index in [-0.39, 0.29) is 5.91 Å². The molecule has 52 valence electrons. The molecule has 1 aliphatic heterocycles. The second-order valence-corrected chi connectivity index (χ2v) is 5.00. The molecule has 1 heterocycles. The topological polar surface area (TPSA) is 20.3 Å². The molecule has 0 aromatic heterocycles. The summed E-state index contributed by atoms with van der Waals surface area (Å²) >= 11 is 4.40. The van der Waals surface area contributed by atoms with Gasteiger partial charge in [0.15, 0.2) is 0 Å². The van der Waals surface area contributed by atoms with Crippen molar-refractivity contribution in [3.63, 3.8) is 0 Å². The van der Waals surface area contributed by atoms with Crippen LogP contribution in [-0.4, -0.2) is 19.5 Å². The van der Waals surface area contributed by atoms with Gasteiger partial charge in [-0.05, 0) is 6.42 Å². The average molecular weight is 351 g/mol. The Morgan fingerprint density at radius 3 is 2.78 bits per heavy atom. The van der Waals surface area contributed by atoms with E-state index in [0.29, 0.717) is 3.92 Å². The van der Waals surface area contributed by atoms with Crippen molar-refractivity contribution in [1.82, 2.24) is 3.11 Å². The molecule has 1 fully saturated rings. The van der Waals surface area contributed by atoms with Crippen LogP contribution in [0.25, 0.3) is 0 Å². The van der Waals surface area contributed by atoms with Gasteiger partial charge in [0.05, 0.1) is 22.9 Å². The van der Waals surface area contributed by atoms with Crippen LogP contribution in [0.2, 0.25) is 0 Å². The third-order valence-corrected chi connectivity index (χ3v) is 3.39. The fourth-order valence-electron chi connectivity index (χ4n) is 0.769. The minimum atomic E-state index is 0.279. The van der Waals surface area contributed by atoms with Crippen molar-refractivity contribution < 1.29 is 4.79 Å². The van der Waals surface area contributed by atoms with E-state index in [1.165, 1.54) is 0 Å². The van der Waals surface area contributed by atoms with Gasteiger partial charge in [-0.3, -0.25) is 7.91 Å². The molecular weight excluding hydrogens is 344 g/mol. The Morgan fingerprint density at radius 1 is 1.67 bits per heavy atom. The zero-order valence-corrected chi connectivity index (χ0v) is 9.13. The summed E-state index contributed by atoms with van der Waals surface area (Å²) in [4.78, 5) is 10.9. The SMILES string of the molecule is O=C1CC(I)CCN1I. The van der Waals surface area contributed by atoms with Crippen LogP contribution >= 0.6 is 45.5 Å². The van der Waals surface area contributed by atoms with E-state index in [0.717, 1.165) is 19.4 Å². The summed E-state index contributed by atoms with van der Waals surface area (Å²) in [5.74, 6) is 0.279. The number of alkyl halides is 1. The summed E-state index contributed by atoms with van der Waals surface area (Å²) in [5, 5.41) is 0. The van der Waals surface area contributed by atoms with Crippen LogP contribution in [0.3, 0.4) is 0 Å². The van der Waals surface area contributed by atoms with E-state index < -0.39 is 0 Å². The summed E-state index contributed by atoms with van der Waals surface area (Å²) < 4.78 is 2.34. The van der Waals surface area contributed by atoms with Crippen molar-refractivity contribution in [2.75, 3.05) is 6.54 Å². The van der Waals surface area contributed by atoms with Gasteiger partial charge >= 0.3 is 0 Å². The first-order valence-corrected chi connectivity index (χ1v) is 5.01. The molecule has 0 spiro atoms. The number of rotatable bonds is 0. The van der Waals surface area contributed by atoms with E-state index in [2.05, 4.69) is 45.5 Å². The highest BCUT2D eigenvalue weighted by atomic mass is 127. The molecule has 0 aromatic carbocycles. The number of nitrogens with zero attached hydrogens (tertiary/aromatic N) is 1. The van der Waals surface area contributed by atoms with Gasteiger partial charge in [0.25, 0.3) is 0 Å². The predicted molar refractivity (Wildman–Crippen MR) is 52.8 cm³/mol. The maximum Gasteiger partial charge on any atom is 0.232 e. The zero-order valence-electron chi connectivity index (χ0n) is 4.81. The summed E-state index contributed by atoms with van der Waals surface area (Å²) in [6.07, 6.45) is 1.87. The van der Waals surface area contributed by atoms with Crippen molar-refractivity contribution in [1.29, 1.82) is 0 Å². The van der Waals surface area contributed by atoms with Gasteiger partial charge in [-0.2, -0.15) is 0 Å². The van der Waals surface area contributed by atoms with E-state index in [1.54, 1.807) is 3.11 Å². The molecule has 2 nitrogen and oxygen atoms in total. The van der Waals surface area contributed by atoms with E-state index in [1.807, 2.05) is 0 Å². The van der Waals surface area contributed by atoms with Crippen LogP contribution in [0.15, 0.2) is 0 Å². The third-order valence-electron chi connectivity index (χ3n) is 1.31. The second-order valence-electron chi connectivity index (χ2n) is 2.07. The Morgan fingerprint density at radius 2 is 2.33 bits per heavy atom. The lowest BCUT2D eigenvalue weighted by Crippen LogP contribution is -2.31. The molecule has 0 aromatic rings. The molecule has 1 atom stereocenters. The highest BCUT2D eigenvalue weighted by Crippen LogP contribution is 2.20. The van der Waals surface area contributed by atoms with Crippen LogP contribution < -0.4 is 0 Å². The van der Waals surface area contributed by atoms with Crippen molar-refractivity contribution in [3.05, 3.63) is 0 Å². The Labute approximate surface area is 82.0 Å². The lowest BCUT2D eigenvalue weighted by molar-refractivity contribution is -0.126. The van der Waals surface area contributed by atoms with Crippen LogP contribution in [-0.2, 0) is 4.79 Å². The molecular formula is C5H7I2NO. The van der Waals surface area contributed by atoms with Crippen LogP contribution in [0, 0.1) is 0 Å². The number of amides is 1. The fraction of sp³-hybridized carbons (Fsp3) is 0.800. The summed E-state index contributed by atoms with van der Waals surface area (Å²) in [7, 11) is 0. The highest BCUT2D eigenvalue weighted by molar-refractivity contribution is 14.1. The number of carbonyl (C=O) groups is 1. The van der Waals surface area contributed by atoms with Crippen LogP contribution in [0.4, 0.5) is 0 Å². The summed E-state index contributed by atoms with van der Waals surface area (Å²) in [6, 6.07) is 0. The van der Waals surface area contributed by atoms with E-state index in [4.69, 9.17) is 0 Å². The lowest BCUT2D eigenvalue weighted by atomic mass is 10.2. The van der Waals surface area contributed by atoms with E-state index >= 15 is 0 Å². The molecule has 0 N–H and O–H groups in total. The minimum absolute atomic E-state index is 0.279. The van der Waals surface area contributed by atoms with Gasteiger partial charge in [0.1, 0.15) is 0 Å². The largest absolute Gasteiger partial charge is 0.285 e. The van der Waals surface area contributed by atoms with Gasteiger partial charge in [0.2, 0.25) is 5.91 Å². The maximum atomic E-state index is 10.9. The Hall–Kier alpha value is 0.930. The minimum Gasteiger partial charge on any atom is -0.285 e. The van der Waals surface area contributed by atoms with Gasteiger partial charge < -0.3 is 0 Å². The normalized spacial score (nSPS) is 28.9. The third kappa shape index (κ3) is 2.21. The molecule has 0 saturated carbocycles. The molecule has 1 aliphatic rings. The van der Waals surface area contributed by atoms with E-state index in [9.17, 15) is 4.79 Å². The Kier molecular flexibility index (Phi) is 3.00. The van der Waals surface area contributed by atoms with Gasteiger partial charge in [0, 0.05) is 16.9 Å². The van der Waals surface area contributed by atoms with Crippen LogP contribution in [0.1, 0.15) is 12.8 Å². The standard InChI is InChI=1S/C5H7I2NO/c6-4-1-2-8(7)5(9)3-4/h4H,1-3H2. The second kappa shape index (κ2) is 3.36. The summed E-state index contributed by atoms with van der Waals surface area (Å²) in [5.41, 5.74) is 0. The van der Waals surface area contributed by atoms with Crippen molar-refractivity contribution >= 4 is 51.4 Å². The van der Waals surface area contributed by atoms with Crippen molar-refractivity contribution in [2.45, 2.75) is 16.8 Å². The number of hydrogen-bond acceptors (Lipinski definition) is 1. The van der Waals surface area contributed by atoms with Gasteiger partial charge in [-0.25, -0.2) is 0 Å². The van der Waals surface area contributed by atoms with Crippen LogP contribution in [0.5, 0.6) is 0 Å². The first kappa shape index (κ1) is 8.03. The highest BCUT2D eigenvalue weighted by Gasteiger charge is 2.21. The Bertz CT molecular complexity index is 128. The van der Waals surface area contributed by atoms with Crippen molar-refractivity contribution in [2.24, 2.45) is 0 Å². The zero-order chi connectivity index (χ0) is 6.85. The number of carbonyl (C=O) groups excluding carboxylic acids is 1. The van der Waals surface area contributed by atoms with Crippen molar-refractivity contribution in [3.8, 4) is 0 Å². The lowest BCUT2D eigenvalue weighted by Gasteiger charge is -2.22. The first-order valence-electron chi connectivity index (χ1n) is 2.80. The molecule has 0 aliphatic carbocycles. The maximum absolute atomic E-state index is 10.9. The molecule has 4 heteroatoms.